The summed E-state index contributed by atoms with van der Waals surface area (Å²) < 4.78 is 0. The number of benzene rings is 2. The number of anilines is 1. The van der Waals surface area contributed by atoms with E-state index in [0.717, 1.165) is 5.69 Å². The number of likely N-dealkylation sites (N-methyl/N-ethyl adjacent to an activating group) is 1. The Kier molecular flexibility index (Phi) is 4.73. The van der Waals surface area contributed by atoms with Crippen molar-refractivity contribution in [3.63, 3.8) is 0 Å². The highest BCUT2D eigenvalue weighted by Gasteiger charge is 2.31. The van der Waals surface area contributed by atoms with Crippen LogP contribution >= 0.6 is 11.6 Å². The van der Waals surface area contributed by atoms with Crippen molar-refractivity contribution in [2.75, 3.05) is 18.5 Å². The molecule has 5 heteroatoms. The van der Waals surface area contributed by atoms with Crippen LogP contribution in [-0.4, -0.2) is 30.4 Å². The first-order chi connectivity index (χ1) is 11.6. The summed E-state index contributed by atoms with van der Waals surface area (Å²) >= 11 is 6.21. The molecule has 1 fully saturated rings. The molecular weight excluding hydrogens is 322 g/mol. The van der Waals surface area contributed by atoms with Gasteiger partial charge in [0.1, 0.15) is 6.07 Å². The molecule has 1 aliphatic rings. The first-order valence-corrected chi connectivity index (χ1v) is 8.20. The summed E-state index contributed by atoms with van der Waals surface area (Å²) in [7, 11) is 1.83. The molecule has 2 aromatic rings. The van der Waals surface area contributed by atoms with E-state index in [1.54, 1.807) is 11.0 Å². The van der Waals surface area contributed by atoms with Gasteiger partial charge in [-0.2, -0.15) is 5.26 Å². The lowest BCUT2D eigenvalue weighted by atomic mass is 10.1. The normalized spacial score (nSPS) is 17.0. The van der Waals surface area contributed by atoms with Crippen LogP contribution in [0, 0.1) is 11.3 Å². The maximum Gasteiger partial charge on any atom is 0.224 e. The quantitative estimate of drug-likeness (QED) is 0.857. The number of hydrogen-bond acceptors (Lipinski definition) is 3. The minimum atomic E-state index is 0.0895. The molecule has 0 spiro atoms. The van der Waals surface area contributed by atoms with Crippen LogP contribution in [0.5, 0.6) is 0 Å². The third-order valence-corrected chi connectivity index (χ3v) is 4.67. The van der Waals surface area contributed by atoms with Crippen LogP contribution < -0.4 is 4.90 Å². The smallest absolute Gasteiger partial charge is 0.224 e. The molecule has 1 saturated heterocycles. The largest absolute Gasteiger partial charge is 0.362 e. The fraction of sp³-hybridized carbons (Fsp3) is 0.263. The highest BCUT2D eigenvalue weighted by atomic mass is 35.5. The van der Waals surface area contributed by atoms with Crippen LogP contribution in [-0.2, 0) is 11.3 Å². The molecule has 1 aliphatic heterocycles. The van der Waals surface area contributed by atoms with Gasteiger partial charge in [0, 0.05) is 32.2 Å². The van der Waals surface area contributed by atoms with Crippen molar-refractivity contribution in [1.29, 1.82) is 5.26 Å². The molecule has 1 heterocycles. The molecular formula is C19H18ClN3O. The maximum atomic E-state index is 12.0. The number of nitrogens with zero attached hydrogens (tertiary/aromatic N) is 3. The number of halogens is 1. The van der Waals surface area contributed by atoms with Gasteiger partial charge in [-0.15, -0.1) is 0 Å². The molecule has 4 nitrogen and oxygen atoms in total. The van der Waals surface area contributed by atoms with Crippen LogP contribution in [0.4, 0.5) is 5.69 Å². The van der Waals surface area contributed by atoms with Crippen molar-refractivity contribution in [2.24, 2.45) is 0 Å². The molecule has 3 rings (SSSR count). The monoisotopic (exact) mass is 339 g/mol. The Morgan fingerprint density at radius 1 is 1.29 bits per heavy atom. The van der Waals surface area contributed by atoms with E-state index >= 15 is 0 Å². The zero-order chi connectivity index (χ0) is 17.1. The second-order valence-electron chi connectivity index (χ2n) is 6.02. The molecule has 0 radical (unpaired) electrons. The number of amides is 1. The first kappa shape index (κ1) is 16.4. The van der Waals surface area contributed by atoms with Gasteiger partial charge in [-0.05, 0) is 23.8 Å². The Morgan fingerprint density at radius 3 is 2.62 bits per heavy atom. The average Bonchev–Trinajstić information content (AvgIpc) is 2.92. The molecule has 2 aromatic carbocycles. The molecule has 122 valence electrons. The third-order valence-electron chi connectivity index (χ3n) is 4.36. The van der Waals surface area contributed by atoms with Gasteiger partial charge in [0.05, 0.1) is 16.6 Å². The van der Waals surface area contributed by atoms with Crippen LogP contribution in [0.3, 0.4) is 0 Å². The molecule has 24 heavy (non-hydrogen) atoms. The Labute approximate surface area is 146 Å². The van der Waals surface area contributed by atoms with Crippen molar-refractivity contribution in [1.82, 2.24) is 4.90 Å². The Bertz CT molecular complexity index is 785. The van der Waals surface area contributed by atoms with Gasteiger partial charge in [-0.3, -0.25) is 4.79 Å². The van der Waals surface area contributed by atoms with Crippen LogP contribution in [0.2, 0.25) is 5.02 Å². The summed E-state index contributed by atoms with van der Waals surface area (Å²) in [5, 5.41) is 9.50. The van der Waals surface area contributed by atoms with Crippen LogP contribution in [0.1, 0.15) is 17.5 Å². The lowest BCUT2D eigenvalue weighted by molar-refractivity contribution is -0.126. The van der Waals surface area contributed by atoms with E-state index in [4.69, 9.17) is 16.9 Å². The van der Waals surface area contributed by atoms with Crippen LogP contribution in [0.25, 0.3) is 0 Å². The summed E-state index contributed by atoms with van der Waals surface area (Å²) in [4.78, 5) is 15.9. The zero-order valence-electron chi connectivity index (χ0n) is 13.4. The van der Waals surface area contributed by atoms with Crippen molar-refractivity contribution in [3.8, 4) is 6.07 Å². The maximum absolute atomic E-state index is 12.0. The van der Waals surface area contributed by atoms with Crippen molar-refractivity contribution >= 4 is 23.2 Å². The fourth-order valence-corrected chi connectivity index (χ4v) is 3.25. The van der Waals surface area contributed by atoms with Crippen molar-refractivity contribution < 1.29 is 4.79 Å². The SMILES string of the molecule is CN1C[C@@H](N(Cc2ccccc2)c2ccc(C#N)c(Cl)c2)CC1=O. The Morgan fingerprint density at radius 2 is 2.04 bits per heavy atom. The number of rotatable bonds is 4. The van der Waals surface area contributed by atoms with Gasteiger partial charge < -0.3 is 9.80 Å². The predicted octanol–water partition coefficient (Wildman–Crippen LogP) is 3.45. The lowest BCUT2D eigenvalue weighted by Gasteiger charge is -2.31. The zero-order valence-corrected chi connectivity index (χ0v) is 14.2. The standard InChI is InChI=1S/C19H18ClN3O/c1-22-13-17(10-19(22)24)23(12-14-5-3-2-4-6-14)16-8-7-15(11-21)18(20)9-16/h2-9,17H,10,12-13H2,1H3/t17-/m0/s1. The predicted molar refractivity (Wildman–Crippen MR) is 94.8 cm³/mol. The number of carbonyl (C=O) groups is 1. The molecule has 0 saturated carbocycles. The average molecular weight is 340 g/mol. The summed E-state index contributed by atoms with van der Waals surface area (Å²) in [6, 6.07) is 17.7. The van der Waals surface area contributed by atoms with E-state index in [2.05, 4.69) is 23.1 Å². The second-order valence-corrected chi connectivity index (χ2v) is 6.43. The molecule has 0 N–H and O–H groups in total. The topological polar surface area (TPSA) is 47.3 Å². The molecule has 1 amide bonds. The molecule has 0 bridgehead atoms. The van der Waals surface area contributed by atoms with E-state index in [0.29, 0.717) is 30.1 Å². The van der Waals surface area contributed by atoms with E-state index in [9.17, 15) is 4.79 Å². The Balaban J connectivity index is 1.94. The number of hydrogen-bond donors (Lipinski definition) is 0. The highest BCUT2D eigenvalue weighted by Crippen LogP contribution is 2.29. The summed E-state index contributed by atoms with van der Waals surface area (Å²) in [6.07, 6.45) is 0.487. The van der Waals surface area contributed by atoms with E-state index in [1.165, 1.54) is 5.56 Å². The van der Waals surface area contributed by atoms with E-state index in [-0.39, 0.29) is 11.9 Å². The Hall–Kier alpha value is -2.51. The van der Waals surface area contributed by atoms with E-state index < -0.39 is 0 Å². The lowest BCUT2D eigenvalue weighted by Crippen LogP contribution is -2.36. The van der Waals surface area contributed by atoms with Crippen LogP contribution in [0.15, 0.2) is 48.5 Å². The first-order valence-electron chi connectivity index (χ1n) is 7.82. The van der Waals surface area contributed by atoms with Gasteiger partial charge in [-0.1, -0.05) is 41.9 Å². The number of nitriles is 1. The molecule has 0 aliphatic carbocycles. The minimum absolute atomic E-state index is 0.0895. The summed E-state index contributed by atoms with van der Waals surface area (Å²) in [5.74, 6) is 0.151. The fourth-order valence-electron chi connectivity index (χ4n) is 3.03. The van der Waals surface area contributed by atoms with Gasteiger partial charge in [-0.25, -0.2) is 0 Å². The summed E-state index contributed by atoms with van der Waals surface area (Å²) in [5.41, 5.74) is 2.55. The van der Waals surface area contributed by atoms with Gasteiger partial charge in [0.2, 0.25) is 5.91 Å². The van der Waals surface area contributed by atoms with Gasteiger partial charge in [0.15, 0.2) is 0 Å². The van der Waals surface area contributed by atoms with E-state index in [1.807, 2.05) is 37.4 Å². The van der Waals surface area contributed by atoms with Crippen molar-refractivity contribution in [3.05, 3.63) is 64.7 Å². The van der Waals surface area contributed by atoms with Gasteiger partial charge >= 0.3 is 0 Å². The minimum Gasteiger partial charge on any atom is -0.362 e. The summed E-state index contributed by atoms with van der Waals surface area (Å²) in [6.45, 7) is 1.37. The number of carbonyl (C=O) groups excluding carboxylic acids is 1. The molecule has 0 aromatic heterocycles. The number of likely N-dealkylation sites (tertiary alicyclic amines) is 1. The molecule has 1 atom stereocenters. The second kappa shape index (κ2) is 6.94. The van der Waals surface area contributed by atoms with Gasteiger partial charge in [0.25, 0.3) is 0 Å². The highest BCUT2D eigenvalue weighted by molar-refractivity contribution is 6.32. The van der Waals surface area contributed by atoms with Crippen molar-refractivity contribution in [2.45, 2.75) is 19.0 Å². The molecule has 0 unspecified atom stereocenters. The third kappa shape index (κ3) is 3.37.